The molecule has 18 heteroatoms. The number of carbonyl (C=O) groups excluding carboxylic acids is 3. The number of thiophene rings is 2. The lowest BCUT2D eigenvalue weighted by Crippen LogP contribution is -2.45. The Morgan fingerprint density at radius 3 is 1.33 bits per heavy atom. The molecule has 0 bridgehead atoms. The van der Waals surface area contributed by atoms with Gasteiger partial charge in [0.1, 0.15) is 18.2 Å². The molecular formula is C117H173NO11S2Si4. The third-order valence-electron chi connectivity index (χ3n) is 31.3. The molecule has 2 unspecified atom stereocenters. The number of aliphatic hydroxyl groups excluding tert-OH is 1. The number of ketones is 2. The molecule has 12 rings (SSSR count). The van der Waals surface area contributed by atoms with Gasteiger partial charge in [0.25, 0.3) is 0 Å². The van der Waals surface area contributed by atoms with Crippen molar-refractivity contribution in [1.29, 1.82) is 0 Å². The number of pyridine rings is 1. The van der Waals surface area contributed by atoms with E-state index in [0.29, 0.717) is 61.4 Å². The number of carbonyl (C=O) groups is 4. The Morgan fingerprint density at radius 2 is 0.844 bits per heavy atom. The molecule has 2 aliphatic rings. The van der Waals surface area contributed by atoms with E-state index in [9.17, 15) is 19.2 Å². The largest absolute Gasteiger partial charge is 0.481 e. The van der Waals surface area contributed by atoms with E-state index >= 15 is 0 Å². The predicted molar refractivity (Wildman–Crippen MR) is 584 cm³/mol. The maximum atomic E-state index is 13.5. The van der Waals surface area contributed by atoms with Crippen molar-refractivity contribution in [2.75, 3.05) is 0 Å². The van der Waals surface area contributed by atoms with E-state index < -0.39 is 39.2 Å². The molecule has 3 aromatic heterocycles. The number of aromatic nitrogens is 1. The molecule has 135 heavy (non-hydrogen) atoms. The lowest BCUT2D eigenvalue weighted by molar-refractivity contribution is -0.145. The predicted octanol–water partition coefficient (Wildman–Crippen LogP) is 33.9. The van der Waals surface area contributed by atoms with Crippen LogP contribution >= 0.6 is 22.7 Å². The summed E-state index contributed by atoms with van der Waals surface area (Å²) in [6.07, 6.45) is 24.4. The Balaban J connectivity index is 0.000000296. The van der Waals surface area contributed by atoms with Crippen molar-refractivity contribution in [2.24, 2.45) is 29.6 Å². The Hall–Kier alpha value is -6.92. The first-order chi connectivity index (χ1) is 62.7. The molecule has 0 aliphatic heterocycles. The first-order valence-corrected chi connectivity index (χ1v) is 63.7. The number of carboxylic acids is 1. The summed E-state index contributed by atoms with van der Waals surface area (Å²) >= 11 is 3.87. The molecule has 3 heterocycles. The van der Waals surface area contributed by atoms with Crippen molar-refractivity contribution >= 4 is 121 Å². The average molecular weight is 1950 g/mol. The summed E-state index contributed by atoms with van der Waals surface area (Å²) in [5.41, 5.74) is 5.90. The van der Waals surface area contributed by atoms with Gasteiger partial charge in [-0.1, -0.05) is 310 Å². The molecule has 12 atom stereocenters. The zero-order chi connectivity index (χ0) is 97.0. The van der Waals surface area contributed by atoms with Crippen molar-refractivity contribution in [3.8, 4) is 0 Å². The number of hydrogen-bond acceptors (Lipinski definition) is 13. The Labute approximate surface area is 827 Å². The van der Waals surface area contributed by atoms with Gasteiger partial charge in [-0.15, -0.1) is 22.7 Å². The number of rotatable bonds is 43. The molecule has 2 saturated carbocycles. The minimum atomic E-state index is -2.12. The zero-order valence-corrected chi connectivity index (χ0v) is 91.3. The normalized spacial score (nSPS) is 18.9. The summed E-state index contributed by atoms with van der Waals surface area (Å²) in [7, 11) is -8.16. The maximum absolute atomic E-state index is 13.5. The van der Waals surface area contributed by atoms with Gasteiger partial charge >= 0.3 is 11.9 Å². The van der Waals surface area contributed by atoms with Gasteiger partial charge in [-0.3, -0.25) is 24.2 Å². The molecule has 0 saturated heterocycles. The topological polar surface area (TPSA) is 168 Å². The summed E-state index contributed by atoms with van der Waals surface area (Å²) in [6, 6.07) is 60.6. The van der Waals surface area contributed by atoms with Crippen LogP contribution in [0.3, 0.4) is 0 Å². The van der Waals surface area contributed by atoms with Crippen molar-refractivity contribution in [1.82, 2.24) is 4.98 Å². The zero-order valence-electron chi connectivity index (χ0n) is 85.6. The van der Waals surface area contributed by atoms with Gasteiger partial charge in [0, 0.05) is 80.6 Å². The first-order valence-electron chi connectivity index (χ1n) is 50.4. The van der Waals surface area contributed by atoms with Gasteiger partial charge in [-0.05, 0) is 276 Å². The van der Waals surface area contributed by atoms with Crippen LogP contribution in [0.1, 0.15) is 321 Å². The lowest BCUT2D eigenvalue weighted by atomic mass is 9.81. The summed E-state index contributed by atoms with van der Waals surface area (Å²) < 4.78 is 38.1. The van der Waals surface area contributed by atoms with E-state index in [1.54, 1.807) is 6.20 Å². The van der Waals surface area contributed by atoms with Gasteiger partial charge in [0.05, 0.1) is 24.9 Å². The lowest BCUT2D eigenvalue weighted by Gasteiger charge is -2.41. The fraction of sp³-hybridized carbons (Fsp3) is 0.564. The van der Waals surface area contributed by atoms with Crippen molar-refractivity contribution in [3.05, 3.63) is 231 Å². The minimum Gasteiger partial charge on any atom is -0.481 e. The second-order valence-electron chi connectivity index (χ2n) is 45.2. The van der Waals surface area contributed by atoms with Crippen LogP contribution in [0.4, 0.5) is 0 Å². The monoisotopic (exact) mass is 1940 g/mol. The highest BCUT2D eigenvalue weighted by Crippen LogP contribution is 2.53. The Bertz CT molecular complexity index is 5290. The molecule has 0 amide bonds. The summed E-state index contributed by atoms with van der Waals surface area (Å²) in [6.45, 7) is 56.8. The smallest absolute Gasteiger partial charge is 0.306 e. The third kappa shape index (κ3) is 31.8. The van der Waals surface area contributed by atoms with E-state index in [4.69, 9.17) is 32.7 Å². The molecule has 2 N–H and O–H groups in total. The number of aliphatic hydroxyl groups is 1. The van der Waals surface area contributed by atoms with E-state index in [0.717, 1.165) is 134 Å². The van der Waals surface area contributed by atoms with Crippen molar-refractivity contribution < 1.29 is 51.8 Å². The number of unbranched alkanes of at least 4 members (excludes halogenated alkanes) is 6. The van der Waals surface area contributed by atoms with Gasteiger partial charge in [0.15, 0.2) is 33.3 Å². The minimum absolute atomic E-state index is 0. The van der Waals surface area contributed by atoms with E-state index in [1.807, 2.05) is 121 Å². The van der Waals surface area contributed by atoms with Crippen LogP contribution in [0.15, 0.2) is 188 Å². The second-order valence-corrected chi connectivity index (χ2v) is 66.5. The van der Waals surface area contributed by atoms with E-state index in [1.165, 1.54) is 72.8 Å². The number of esters is 1. The van der Waals surface area contributed by atoms with Crippen molar-refractivity contribution in [3.63, 3.8) is 0 Å². The Kier molecular flexibility index (Phi) is 42.4. The molecule has 2 aliphatic carbocycles. The maximum Gasteiger partial charge on any atom is 0.306 e. The third-order valence-corrected chi connectivity index (χ3v) is 51.8. The molecule has 10 aromatic rings. The van der Waals surface area contributed by atoms with Crippen LogP contribution in [0.5, 0.6) is 0 Å². The molecule has 740 valence electrons. The number of aliphatic carboxylic acids is 1. The fourth-order valence-electron chi connectivity index (χ4n) is 18.9. The molecular weight excluding hydrogens is 1770 g/mol. The van der Waals surface area contributed by atoms with Gasteiger partial charge in [-0.25, -0.2) is 0 Å². The average Bonchev–Trinajstić information content (AvgIpc) is 1.63. The number of hydrogen-bond donors (Lipinski definition) is 2. The van der Waals surface area contributed by atoms with Crippen molar-refractivity contribution in [2.45, 2.75) is 395 Å². The van der Waals surface area contributed by atoms with Crippen LogP contribution in [0, 0.1) is 29.6 Å². The molecule has 0 radical (unpaired) electrons. The van der Waals surface area contributed by atoms with E-state index in [2.05, 4.69) is 252 Å². The summed E-state index contributed by atoms with van der Waals surface area (Å²) in [5.74, 6) is 2.71. The number of Topliss-reactive ketones (excluding diaryl/α,β-unsaturated/α-hetero) is 2. The highest BCUT2D eigenvalue weighted by atomic mass is 32.1. The number of carboxylic acid groups (broad SMARTS) is 1. The van der Waals surface area contributed by atoms with Crippen LogP contribution in [0.25, 0.3) is 41.7 Å². The molecule has 7 aromatic carbocycles. The fourth-order valence-corrected chi connectivity index (χ4v) is 26.7. The van der Waals surface area contributed by atoms with Gasteiger partial charge in [-0.2, -0.15) is 0 Å². The standard InChI is InChI=1S/C62H93NO6SSi3.C31H50O3SSi.C22H22O2.2CH4/c1-17-50(53(64)39-45-30-33-49-42-63-37-36-47(49)38-45)46-31-28-44(29-32-46)43-66-59(65)27-21-19-18-20-25-51-52(56(69-73(15,16)62(8,9)10)41-55(51)68-72(13,14)61(5,6)7)34-35-54(67-71(11,12)60(2,3)4)58-40-48-24-22-23-26-57(48)70-58;1-22(29-21-24-14-12-13-16-28(24)35-29)18-19-25-23(2)20-27(34-36(6,7)31(3,4)5)26(25)15-10-8-9-11-17-30(32)33;1-2-21(19-11-7-16(15-23)8-12-19)22(24)14-17-9-10-18-5-3-4-6-20(18)13-17;;/h22-24,26,28-33,36-38,40,42,50-52,54-56H,17-21,25,27,34-35,39,41,43H2,1-16H3;12-14,16,21-23,25-27H,8-11,15,17-20H2,1-7H3,(H,32,33);3-13,21,23H,2,14-15H2,1H3;2*1H4/t50?,51-,52-,54-,55+,56-;22-,23-,25+,26-,27+;;;/m11.../s1. The quantitative estimate of drug-likeness (QED) is 0.0211. The highest BCUT2D eigenvalue weighted by Gasteiger charge is 2.53. The first kappa shape index (κ1) is 113. The number of fused-ring (bicyclic) bond motifs is 4. The number of ether oxygens (including phenoxy) is 1. The van der Waals surface area contributed by atoms with E-state index in [-0.39, 0.29) is 95.9 Å². The highest BCUT2D eigenvalue weighted by molar-refractivity contribution is 7.19. The molecule has 2 fully saturated rings. The summed E-state index contributed by atoms with van der Waals surface area (Å²) in [5, 5.41) is 25.8. The van der Waals surface area contributed by atoms with Crippen LogP contribution in [-0.4, -0.2) is 90.3 Å². The van der Waals surface area contributed by atoms with Gasteiger partial charge in [0.2, 0.25) is 0 Å². The molecule has 0 spiro atoms. The molecule has 12 nitrogen and oxygen atoms in total. The van der Waals surface area contributed by atoms with Crippen LogP contribution < -0.4 is 0 Å². The van der Waals surface area contributed by atoms with Crippen LogP contribution in [-0.2, 0) is 67.7 Å². The number of nitrogens with zero attached hydrogens (tertiary/aromatic N) is 1. The Morgan fingerprint density at radius 1 is 0.437 bits per heavy atom. The second kappa shape index (κ2) is 50.5. The van der Waals surface area contributed by atoms with Crippen LogP contribution in [0.2, 0.25) is 72.5 Å². The SMILES string of the molecule is C.C.CCC(C(=O)Cc1ccc2ccccc2c1)c1ccc(CO)cc1.CCC(C(=O)Cc1ccc2cnccc2c1)c1ccc(COC(=O)CCCCCC[C@@H]2[C@@H](CC[C@@H](O[Si](C)(C)C(C)(C)C)c3cc4ccccc4s3)[C@H](O[Si](C)(C)C(C)(C)C)C[C@@H]2O[Si](C)(C)C(C)(C)C)cc1.C[C@H](CC[C@@H]1[C@@H](CCCCCCC(=O)O)[C@@H](O[Si](C)(C)C(C)(C)C)C[C@H]1C)c1cc2ccccc2s1. The van der Waals surface area contributed by atoms with Gasteiger partial charge < -0.3 is 32.7 Å². The summed E-state index contributed by atoms with van der Waals surface area (Å²) in [4.78, 5) is 57.3. The number of benzene rings is 7.